The van der Waals surface area contributed by atoms with Crippen molar-refractivity contribution in [2.75, 3.05) is 6.98 Å². The number of aromatic nitrogens is 2. The Morgan fingerprint density at radius 1 is 1.38 bits per heavy atom. The molecule has 1 aliphatic heterocycles. The van der Waals surface area contributed by atoms with Gasteiger partial charge in [0, 0.05) is 34.2 Å². The summed E-state index contributed by atoms with van der Waals surface area (Å²) in [5.41, 5.74) is -0.326. The van der Waals surface area contributed by atoms with Crippen LogP contribution in [0.2, 0.25) is 5.02 Å². The first kappa shape index (κ1) is 20.9. The lowest BCUT2D eigenvalue weighted by Gasteiger charge is -2.28. The zero-order chi connectivity index (χ0) is 27.4. The summed E-state index contributed by atoms with van der Waals surface area (Å²) in [5, 5.41) is 0.0791. The highest BCUT2D eigenvalue weighted by Crippen LogP contribution is 2.48. The normalized spacial score (nSPS) is 19.5. The van der Waals surface area contributed by atoms with E-state index in [9.17, 15) is 18.0 Å². The SMILES string of the molecule is [2H]C([2H])([2H])N(C(=O)OC(C)(C)C)[C@H]1C[C@@H](c2c(Cl)cccc2OC(F)F)n2c1nc1cc(F)c(Br)cc12. The Morgan fingerprint density at radius 3 is 2.76 bits per heavy atom. The number of benzene rings is 2. The quantitative estimate of drug-likeness (QED) is 0.340. The van der Waals surface area contributed by atoms with Crippen molar-refractivity contribution >= 4 is 44.7 Å². The molecule has 1 aromatic heterocycles. The second kappa shape index (κ2) is 8.96. The molecule has 4 rings (SSSR count). The van der Waals surface area contributed by atoms with Crippen LogP contribution >= 0.6 is 27.5 Å². The minimum atomic E-state index is -3.16. The van der Waals surface area contributed by atoms with Crippen molar-refractivity contribution in [1.82, 2.24) is 14.5 Å². The largest absolute Gasteiger partial charge is 0.444 e. The number of hydrogen-bond acceptors (Lipinski definition) is 4. The van der Waals surface area contributed by atoms with Crippen LogP contribution in [0.25, 0.3) is 11.0 Å². The van der Waals surface area contributed by atoms with Crippen LogP contribution in [0, 0.1) is 5.82 Å². The van der Waals surface area contributed by atoms with Crippen LogP contribution in [-0.2, 0) is 4.74 Å². The Kier molecular flexibility index (Phi) is 5.50. The first-order chi connectivity index (χ1) is 17.1. The maximum Gasteiger partial charge on any atom is 0.410 e. The number of hydrogen-bond donors (Lipinski definition) is 0. The number of amides is 1. The average molecular weight is 564 g/mol. The number of fused-ring (bicyclic) bond motifs is 3. The molecule has 182 valence electrons. The van der Waals surface area contributed by atoms with Gasteiger partial charge in [-0.25, -0.2) is 14.2 Å². The second-order valence-electron chi connectivity index (χ2n) is 8.74. The minimum absolute atomic E-state index is 0.0791. The number of imidazole rings is 1. The fourth-order valence-corrected chi connectivity index (χ4v) is 4.66. The third-order valence-electron chi connectivity index (χ3n) is 5.28. The highest BCUT2D eigenvalue weighted by molar-refractivity contribution is 9.10. The van der Waals surface area contributed by atoms with E-state index in [0.29, 0.717) is 10.4 Å². The molecule has 2 heterocycles. The number of ether oxygens (including phenoxy) is 2. The van der Waals surface area contributed by atoms with Gasteiger partial charge in [0.1, 0.15) is 23.0 Å². The Hall–Kier alpha value is -2.46. The Balaban J connectivity index is 1.96. The molecule has 1 amide bonds. The Bertz CT molecular complexity index is 1360. The number of nitrogens with zero attached hydrogens (tertiary/aromatic N) is 3. The molecule has 2 atom stereocenters. The monoisotopic (exact) mass is 562 g/mol. The summed E-state index contributed by atoms with van der Waals surface area (Å²) in [5.74, 6) is -0.737. The smallest absolute Gasteiger partial charge is 0.410 e. The van der Waals surface area contributed by atoms with Gasteiger partial charge in [-0.3, -0.25) is 0 Å². The highest BCUT2D eigenvalue weighted by Gasteiger charge is 2.42. The van der Waals surface area contributed by atoms with Crippen molar-refractivity contribution in [1.29, 1.82) is 0 Å². The van der Waals surface area contributed by atoms with Crippen molar-refractivity contribution in [2.24, 2.45) is 0 Å². The van der Waals surface area contributed by atoms with E-state index >= 15 is 0 Å². The van der Waals surface area contributed by atoms with Gasteiger partial charge in [-0.2, -0.15) is 8.78 Å². The maximum absolute atomic E-state index is 14.4. The third-order valence-corrected chi connectivity index (χ3v) is 6.22. The van der Waals surface area contributed by atoms with Gasteiger partial charge in [0.25, 0.3) is 0 Å². The van der Waals surface area contributed by atoms with Crippen molar-refractivity contribution in [3.05, 3.63) is 57.0 Å². The molecule has 0 bridgehead atoms. The van der Waals surface area contributed by atoms with Gasteiger partial charge in [0.2, 0.25) is 0 Å². The van der Waals surface area contributed by atoms with E-state index in [1.165, 1.54) is 24.3 Å². The fraction of sp³-hybridized carbons (Fsp3) is 0.391. The molecular weight excluding hydrogens is 539 g/mol. The molecule has 0 spiro atoms. The Labute approximate surface area is 211 Å². The first-order valence-electron chi connectivity index (χ1n) is 11.7. The minimum Gasteiger partial charge on any atom is -0.444 e. The van der Waals surface area contributed by atoms with Crippen LogP contribution in [0.3, 0.4) is 0 Å². The van der Waals surface area contributed by atoms with Crippen LogP contribution in [0.15, 0.2) is 34.8 Å². The molecular formula is C23H22BrClF3N3O3. The molecule has 1 aliphatic rings. The summed E-state index contributed by atoms with van der Waals surface area (Å²) < 4.78 is 76.9. The van der Waals surface area contributed by atoms with E-state index in [0.717, 1.165) is 6.07 Å². The molecule has 0 saturated carbocycles. The van der Waals surface area contributed by atoms with E-state index in [1.807, 2.05) is 0 Å². The summed E-state index contributed by atoms with van der Waals surface area (Å²) in [4.78, 5) is 18.2. The summed E-state index contributed by atoms with van der Waals surface area (Å²) in [6.45, 7) is -1.34. The van der Waals surface area contributed by atoms with Gasteiger partial charge in [-0.05, 0) is 54.9 Å². The molecule has 34 heavy (non-hydrogen) atoms. The lowest BCUT2D eigenvalue weighted by Crippen LogP contribution is -2.36. The van der Waals surface area contributed by atoms with Gasteiger partial charge in [-0.1, -0.05) is 17.7 Å². The predicted octanol–water partition coefficient (Wildman–Crippen LogP) is 7.09. The molecule has 2 aromatic carbocycles. The molecule has 11 heteroatoms. The zero-order valence-electron chi connectivity index (χ0n) is 21.3. The lowest BCUT2D eigenvalue weighted by molar-refractivity contribution is -0.0506. The van der Waals surface area contributed by atoms with E-state index in [-0.39, 0.29) is 38.6 Å². The molecule has 0 N–H and O–H groups in total. The van der Waals surface area contributed by atoms with Crippen molar-refractivity contribution < 1.29 is 31.6 Å². The highest BCUT2D eigenvalue weighted by atomic mass is 79.9. The summed E-state index contributed by atoms with van der Waals surface area (Å²) >= 11 is 9.60. The van der Waals surface area contributed by atoms with Crippen LogP contribution in [-0.4, -0.2) is 39.7 Å². The molecule has 6 nitrogen and oxygen atoms in total. The summed E-state index contributed by atoms with van der Waals surface area (Å²) in [6.07, 6.45) is -1.22. The van der Waals surface area contributed by atoms with Crippen LogP contribution < -0.4 is 4.74 Å². The molecule has 3 aromatic rings. The van der Waals surface area contributed by atoms with Gasteiger partial charge in [0.05, 0.1) is 27.6 Å². The van der Waals surface area contributed by atoms with Gasteiger partial charge in [0.15, 0.2) is 0 Å². The summed E-state index contributed by atoms with van der Waals surface area (Å²) in [6, 6.07) is 4.72. The zero-order valence-corrected chi connectivity index (χ0v) is 20.6. The van der Waals surface area contributed by atoms with E-state index < -0.39 is 43.2 Å². The van der Waals surface area contributed by atoms with Gasteiger partial charge in [-0.15, -0.1) is 0 Å². The number of carbonyl (C=O) groups excluding carboxylic acids is 1. The Morgan fingerprint density at radius 2 is 2.12 bits per heavy atom. The maximum atomic E-state index is 14.4. The van der Waals surface area contributed by atoms with E-state index in [1.54, 1.807) is 25.3 Å². The molecule has 0 aliphatic carbocycles. The molecule has 0 radical (unpaired) electrons. The van der Waals surface area contributed by atoms with Crippen LogP contribution in [0.1, 0.15) is 54.8 Å². The van der Waals surface area contributed by atoms with Gasteiger partial charge >= 0.3 is 12.7 Å². The lowest BCUT2D eigenvalue weighted by atomic mass is 10.0. The first-order valence-corrected chi connectivity index (χ1v) is 11.4. The van der Waals surface area contributed by atoms with Gasteiger partial charge < -0.3 is 18.9 Å². The van der Waals surface area contributed by atoms with Crippen molar-refractivity contribution in [2.45, 2.75) is 51.5 Å². The molecule has 0 unspecified atom stereocenters. The second-order valence-corrected chi connectivity index (χ2v) is 10.0. The van der Waals surface area contributed by atoms with E-state index in [2.05, 4.69) is 20.9 Å². The topological polar surface area (TPSA) is 56.6 Å². The molecule has 0 saturated heterocycles. The standard InChI is InChI=1S/C23H22BrClF3N3O3/c1-23(2,3)34-22(32)30(4)17-10-16(19-12(25)6-5-7-18(19)33-21(27)28)31-15-8-11(24)13(26)9-14(15)29-20(17)31/h5-9,16-17,21H,10H2,1-4H3/t16-,17-/m0/s1/i4D3. The van der Waals surface area contributed by atoms with Crippen molar-refractivity contribution in [3.63, 3.8) is 0 Å². The van der Waals surface area contributed by atoms with Crippen LogP contribution in [0.5, 0.6) is 5.75 Å². The number of carbonyl (C=O) groups is 1. The molecule has 0 fully saturated rings. The van der Waals surface area contributed by atoms with Crippen LogP contribution in [0.4, 0.5) is 18.0 Å². The number of alkyl halides is 2. The summed E-state index contributed by atoms with van der Waals surface area (Å²) in [7, 11) is 0. The van der Waals surface area contributed by atoms with E-state index in [4.69, 9.17) is 25.2 Å². The fourth-order valence-electron chi connectivity index (χ4n) is 4.04. The third kappa shape index (κ3) is 4.57. The number of halogens is 5. The predicted molar refractivity (Wildman–Crippen MR) is 125 cm³/mol. The van der Waals surface area contributed by atoms with Crippen molar-refractivity contribution in [3.8, 4) is 5.75 Å². The average Bonchev–Trinajstić information content (AvgIpc) is 3.24. The number of rotatable bonds is 4.